The number of rotatable bonds is 33. The van der Waals surface area contributed by atoms with E-state index in [1.165, 1.54) is 9.80 Å². The van der Waals surface area contributed by atoms with Gasteiger partial charge in [0.25, 0.3) is 0 Å². The molecular formula is C83H151N9O17Si6. The van der Waals surface area contributed by atoms with Crippen molar-refractivity contribution in [3.63, 3.8) is 0 Å². The molecule has 0 saturated carbocycles. The number of primary amides is 1. The van der Waals surface area contributed by atoms with Crippen molar-refractivity contribution in [2.24, 2.45) is 11.7 Å². The van der Waals surface area contributed by atoms with E-state index >= 15 is 24.0 Å². The van der Waals surface area contributed by atoms with Crippen molar-refractivity contribution in [1.29, 1.82) is 0 Å². The van der Waals surface area contributed by atoms with Crippen LogP contribution < -0.4 is 42.1 Å². The first kappa shape index (κ1) is 102. The lowest BCUT2D eigenvalue weighted by Gasteiger charge is -2.43. The third kappa shape index (κ3) is 28.1. The first-order valence-corrected chi connectivity index (χ1v) is 58.4. The maximum atomic E-state index is 16.8. The van der Waals surface area contributed by atoms with Gasteiger partial charge in [-0.1, -0.05) is 174 Å². The molecule has 12 atom stereocenters. The molecule has 0 radical (unpaired) electrons. The highest BCUT2D eigenvalue weighted by Crippen LogP contribution is 2.45. The van der Waals surface area contributed by atoms with Gasteiger partial charge >= 0.3 is 12.2 Å². The molecule has 0 aromatic heterocycles. The van der Waals surface area contributed by atoms with E-state index in [0.717, 1.165) is 0 Å². The summed E-state index contributed by atoms with van der Waals surface area (Å²) in [4.78, 5) is 139. The highest BCUT2D eigenvalue weighted by atomic mass is 28.4. The Kier molecular flexibility index (Phi) is 33.8. The lowest BCUT2D eigenvalue weighted by atomic mass is 9.99. The summed E-state index contributed by atoms with van der Waals surface area (Å²) in [5.74, 6) is -5.42. The molecule has 0 aliphatic carbocycles. The largest absolute Gasteiger partial charge is 0.544 e. The van der Waals surface area contributed by atoms with Crippen molar-refractivity contribution < 1.29 is 79.2 Å². The predicted molar refractivity (Wildman–Crippen MR) is 470 cm³/mol. The minimum Gasteiger partial charge on any atom is -0.544 e. The van der Waals surface area contributed by atoms with Gasteiger partial charge in [-0.3, -0.25) is 33.6 Å². The Morgan fingerprint density at radius 2 is 0.948 bits per heavy atom. The maximum absolute atomic E-state index is 16.8. The SMILES string of the molecule is CC(O[Si](C)(C)C(C)(C)C)[C@H](NC(=O)[C@@H](NC(=O)[C@@H]1C[C@H](O[Si](C)(C)C(C)(C)C)CN1C(=O)[C@@H](NC(=O)[C@H](CNC(=O)OC(C)(C)C)NC(=O)CNC(=O)OCc1ccccc1)C(C)O[Si](C)(C)C(C)(C)C)[C@H](Cc1ccc(O[Si](C)(C)C(C)(C)C)cc1)O[Si](C)(C)C(C)(C)C)C(=O)N1C[C@@H](C)[C@@H](O[Si](C)(C)C(C)(C)C)[C@H]1C(N)=O. The normalized spacial score (nSPS) is 19.8. The summed E-state index contributed by atoms with van der Waals surface area (Å²) in [5, 5.41) is 14.7. The molecule has 4 rings (SSSR count). The Balaban J connectivity index is 2.10. The molecule has 2 fully saturated rings. The number of ether oxygens (including phenoxy) is 2. The van der Waals surface area contributed by atoms with E-state index in [4.69, 9.17) is 41.8 Å². The topological polar surface area (TPSA) is 332 Å². The average molecular weight is 1720 g/mol. The van der Waals surface area contributed by atoms with Crippen LogP contribution in [0.1, 0.15) is 184 Å². The van der Waals surface area contributed by atoms with Crippen LogP contribution in [0.3, 0.4) is 0 Å². The molecule has 32 heteroatoms. The van der Waals surface area contributed by atoms with Gasteiger partial charge in [-0.05, 0) is 173 Å². The second-order valence-electron chi connectivity index (χ2n) is 42.1. The van der Waals surface area contributed by atoms with Crippen LogP contribution in [0.2, 0.25) is 109 Å². The van der Waals surface area contributed by atoms with E-state index in [-0.39, 0.29) is 53.6 Å². The summed E-state index contributed by atoms with van der Waals surface area (Å²) >= 11 is 0. The van der Waals surface area contributed by atoms with Gasteiger partial charge in [0.05, 0.1) is 37.1 Å². The number of carbonyl (C=O) groups is 9. The lowest BCUT2D eigenvalue weighted by molar-refractivity contribution is -0.146. The minimum absolute atomic E-state index is 0.0233. The molecule has 2 aliphatic rings. The van der Waals surface area contributed by atoms with E-state index in [1.807, 2.05) is 97.3 Å². The molecule has 2 aromatic rings. The molecule has 654 valence electrons. The zero-order valence-corrected chi connectivity index (χ0v) is 83.0. The highest BCUT2D eigenvalue weighted by Gasteiger charge is 2.56. The standard InChI is InChI=1S/C83H151N9O17Si6/c1-53-50-92(67(69(84)94)68(53)109-115(35,36)83(22,23)24)74(99)65(55(3)105-111(27,28)79(10,11)12)89-72(97)66(62(108-114(33,34)82(19,20)21)46-56-42-44-58(45-43-56)106-112(29,30)80(13,14)15)90-71(96)61-47-59(107-113(31,32)81(16,17)18)51-91(61)73(98)64(54(2)104-110(25,26)78(7,8)9)88-70(95)60(48-85-76(101)103-77(4,5)6)87-63(93)49-86-75(100)102-52-57-40-38-37-39-41-57/h37-45,53-55,59-62,64-68H,46-52H2,1-36H3,(H2,84,94)(H,85,101)(H,86,100)(H,87,93)(H,88,95)(H,89,97)(H,90,96)/t53-,54?,55?,59+,60+,61+,62+,64+,65+,66+,67+,68-/m1/s1. The Morgan fingerprint density at radius 1 is 0.496 bits per heavy atom. The van der Waals surface area contributed by atoms with Crippen molar-refractivity contribution in [2.75, 3.05) is 26.2 Å². The monoisotopic (exact) mass is 1710 g/mol. The zero-order valence-electron chi connectivity index (χ0n) is 77.0. The number of nitrogens with one attached hydrogen (secondary N) is 6. The molecule has 2 aromatic carbocycles. The third-order valence-electron chi connectivity index (χ3n) is 25.1. The van der Waals surface area contributed by atoms with Crippen LogP contribution in [0.4, 0.5) is 9.59 Å². The van der Waals surface area contributed by atoms with Gasteiger partial charge in [-0.2, -0.15) is 0 Å². The van der Waals surface area contributed by atoms with Gasteiger partial charge in [-0.15, -0.1) is 0 Å². The Labute approximate surface area is 696 Å². The predicted octanol–water partition coefficient (Wildman–Crippen LogP) is 13.9. The van der Waals surface area contributed by atoms with Crippen molar-refractivity contribution in [3.8, 4) is 5.75 Å². The summed E-state index contributed by atoms with van der Waals surface area (Å²) < 4.78 is 53.5. The quantitative estimate of drug-likeness (QED) is 0.0326. The second-order valence-corrected chi connectivity index (χ2v) is 70.6. The first-order valence-electron chi connectivity index (χ1n) is 41.0. The van der Waals surface area contributed by atoms with E-state index in [1.54, 1.807) is 58.9 Å². The average Bonchev–Trinajstić information content (AvgIpc) is 1.65. The second kappa shape index (κ2) is 38.3. The van der Waals surface area contributed by atoms with Gasteiger partial charge in [0, 0.05) is 25.4 Å². The van der Waals surface area contributed by atoms with Gasteiger partial charge in [-0.25, -0.2) is 9.59 Å². The lowest BCUT2D eigenvalue weighted by Crippen LogP contribution is -2.66. The summed E-state index contributed by atoms with van der Waals surface area (Å²) in [6, 6.07) is 7.36. The van der Waals surface area contributed by atoms with Crippen LogP contribution in [0, 0.1) is 5.92 Å². The summed E-state index contributed by atoms with van der Waals surface area (Å²) in [6.45, 7) is 70.9. The van der Waals surface area contributed by atoms with Gasteiger partial charge in [0.15, 0.2) is 41.6 Å². The Morgan fingerprint density at radius 3 is 1.41 bits per heavy atom. The first-order chi connectivity index (χ1) is 51.8. The number of likely N-dealkylation sites (tertiary alicyclic amines) is 2. The van der Waals surface area contributed by atoms with Gasteiger partial charge in [0.2, 0.25) is 49.7 Å². The third-order valence-corrected chi connectivity index (χ3v) is 52.1. The number of benzene rings is 2. The molecule has 0 spiro atoms. The zero-order chi connectivity index (χ0) is 88.7. The van der Waals surface area contributed by atoms with Crippen molar-refractivity contribution in [2.45, 2.75) is 367 Å². The van der Waals surface area contributed by atoms with E-state index in [9.17, 15) is 19.2 Å². The maximum Gasteiger partial charge on any atom is 0.407 e. The molecule has 26 nitrogen and oxygen atoms in total. The number of nitrogens with two attached hydrogens (primary N) is 1. The summed E-state index contributed by atoms with van der Waals surface area (Å²) in [7, 11) is -16.5. The number of carbonyl (C=O) groups excluding carboxylic acids is 9. The fourth-order valence-corrected chi connectivity index (χ4v) is 19.8. The molecule has 115 heavy (non-hydrogen) atoms. The highest BCUT2D eigenvalue weighted by molar-refractivity contribution is 6.76. The molecule has 8 N–H and O–H groups in total. The number of nitrogens with zero attached hydrogens (tertiary/aromatic N) is 2. The fourth-order valence-electron chi connectivity index (χ4n) is 11.9. The van der Waals surface area contributed by atoms with Crippen LogP contribution in [0.25, 0.3) is 0 Å². The Bertz CT molecular complexity index is 3670. The molecule has 2 heterocycles. The van der Waals surface area contributed by atoms with Crippen LogP contribution >= 0.6 is 0 Å². The van der Waals surface area contributed by atoms with Crippen molar-refractivity contribution in [1.82, 2.24) is 41.7 Å². The molecule has 2 aliphatic heterocycles. The number of alkyl carbamates (subject to hydrolysis) is 2. The Hall–Kier alpha value is -5.83. The molecule has 2 unspecified atom stereocenters. The fraction of sp³-hybridized carbons (Fsp3) is 0.747. The van der Waals surface area contributed by atoms with Gasteiger partial charge < -0.3 is 83.5 Å². The van der Waals surface area contributed by atoms with E-state index in [0.29, 0.717) is 16.9 Å². The number of hydrogen-bond donors (Lipinski definition) is 7. The molecule has 0 bridgehead atoms. The summed E-state index contributed by atoms with van der Waals surface area (Å²) in [5.41, 5.74) is 6.83. The van der Waals surface area contributed by atoms with Gasteiger partial charge in [0.1, 0.15) is 60.8 Å². The van der Waals surface area contributed by atoms with Crippen LogP contribution in [-0.2, 0) is 78.2 Å². The van der Waals surface area contributed by atoms with E-state index in [2.05, 4.69) is 175 Å². The van der Waals surface area contributed by atoms with Crippen molar-refractivity contribution >= 4 is 103 Å². The van der Waals surface area contributed by atoms with Crippen LogP contribution in [0.5, 0.6) is 5.75 Å². The van der Waals surface area contributed by atoms with Crippen molar-refractivity contribution in [3.05, 3.63) is 65.7 Å². The summed E-state index contributed by atoms with van der Waals surface area (Å²) in [6.07, 6.45) is -6.93. The molecule has 2 saturated heterocycles. The molecular weight excluding hydrogens is 1560 g/mol. The smallest absolute Gasteiger partial charge is 0.407 e. The number of hydrogen-bond acceptors (Lipinski definition) is 17. The number of amides is 9. The minimum atomic E-state index is -3.05. The van der Waals surface area contributed by atoms with E-state index < -0.39 is 204 Å². The van der Waals surface area contributed by atoms with Crippen LogP contribution in [0.15, 0.2) is 54.6 Å². The molecule has 9 amide bonds. The van der Waals surface area contributed by atoms with Crippen LogP contribution in [-0.4, -0.2) is 212 Å².